The van der Waals surface area contributed by atoms with E-state index in [-0.39, 0.29) is 22.9 Å². The van der Waals surface area contributed by atoms with Gasteiger partial charge in [-0.25, -0.2) is 0 Å². The molecule has 0 aromatic heterocycles. The second kappa shape index (κ2) is 12.9. The van der Waals surface area contributed by atoms with Gasteiger partial charge in [0.2, 0.25) is 0 Å². The standard InChI is InChI=1S/C39H66O2/c1-10-11-12-13-14-15-19-35(40)41-34-24-25-37(7)31-23-27-38(8)30(29(4)18-16-17-28(2)3)22-26-39(38,9)32(31)20-21-33(37)36(34,5)6/h17,29-30,33-34H,10-16,18-27H2,1-9H3/t29-,30-,33?,34?,37-,38+,39+/m1/s1. The predicted molar refractivity (Wildman–Crippen MR) is 175 cm³/mol. The molecule has 2 fully saturated rings. The van der Waals surface area contributed by atoms with Crippen LogP contribution in [-0.4, -0.2) is 12.1 Å². The number of hydrogen-bond acceptors (Lipinski definition) is 2. The van der Waals surface area contributed by atoms with Gasteiger partial charge in [0.25, 0.3) is 0 Å². The van der Waals surface area contributed by atoms with Crippen LogP contribution in [0.5, 0.6) is 0 Å². The van der Waals surface area contributed by atoms with Gasteiger partial charge in [0.1, 0.15) is 6.10 Å². The van der Waals surface area contributed by atoms with E-state index in [2.05, 4.69) is 68.4 Å². The molecule has 4 aliphatic carbocycles. The Morgan fingerprint density at radius 1 is 0.902 bits per heavy atom. The Balaban J connectivity index is 1.45. The fraction of sp³-hybridized carbons (Fsp3) is 0.872. The number of carbonyl (C=O) groups is 1. The maximum Gasteiger partial charge on any atom is 0.306 e. The monoisotopic (exact) mass is 567 g/mol. The van der Waals surface area contributed by atoms with Gasteiger partial charge in [-0.15, -0.1) is 0 Å². The van der Waals surface area contributed by atoms with E-state index in [9.17, 15) is 4.79 Å². The first-order chi connectivity index (χ1) is 19.3. The van der Waals surface area contributed by atoms with E-state index in [0.717, 1.165) is 31.1 Å². The Labute approximate surface area is 254 Å². The molecule has 4 rings (SSSR count). The fourth-order valence-corrected chi connectivity index (χ4v) is 10.9. The number of ether oxygens (including phenoxy) is 1. The van der Waals surface area contributed by atoms with Gasteiger partial charge in [-0.2, -0.15) is 0 Å². The molecular formula is C39H66O2. The SMILES string of the molecule is CCCCCCCCC(=O)OC1CC[C@]2(C)C3=C(CCC2C1(C)C)[C@]1(C)CC[C@H]([C@H](C)CCC=C(C)C)[C@]1(C)CC3. The molecule has 2 nitrogen and oxygen atoms in total. The third kappa shape index (κ3) is 6.16. The average Bonchev–Trinajstić information content (AvgIpc) is 3.19. The second-order valence-corrected chi connectivity index (χ2v) is 16.6. The second-order valence-electron chi connectivity index (χ2n) is 16.6. The molecule has 41 heavy (non-hydrogen) atoms. The molecular weight excluding hydrogens is 500 g/mol. The summed E-state index contributed by atoms with van der Waals surface area (Å²) >= 11 is 0. The van der Waals surface area contributed by atoms with Crippen LogP contribution in [0, 0.1) is 39.4 Å². The van der Waals surface area contributed by atoms with E-state index in [0.29, 0.717) is 23.2 Å². The molecule has 2 saturated carbocycles. The van der Waals surface area contributed by atoms with Crippen molar-refractivity contribution in [2.75, 3.05) is 0 Å². The molecule has 2 unspecified atom stereocenters. The first kappa shape index (κ1) is 32.9. The van der Waals surface area contributed by atoms with Crippen molar-refractivity contribution in [2.24, 2.45) is 39.4 Å². The van der Waals surface area contributed by atoms with Crippen molar-refractivity contribution in [2.45, 2.75) is 178 Å². The topological polar surface area (TPSA) is 26.3 Å². The van der Waals surface area contributed by atoms with Gasteiger partial charge in [-0.1, -0.05) is 103 Å². The summed E-state index contributed by atoms with van der Waals surface area (Å²) in [4.78, 5) is 12.9. The first-order valence-corrected chi connectivity index (χ1v) is 17.9. The van der Waals surface area contributed by atoms with Gasteiger partial charge >= 0.3 is 5.97 Å². The van der Waals surface area contributed by atoms with Gasteiger partial charge in [-0.05, 0) is 118 Å². The number of unbranched alkanes of at least 4 members (excludes halogenated alkanes) is 5. The summed E-state index contributed by atoms with van der Waals surface area (Å²) in [6, 6.07) is 0. The quantitative estimate of drug-likeness (QED) is 0.133. The van der Waals surface area contributed by atoms with Crippen molar-refractivity contribution in [3.63, 3.8) is 0 Å². The van der Waals surface area contributed by atoms with Crippen molar-refractivity contribution >= 4 is 5.97 Å². The molecule has 0 spiro atoms. The lowest BCUT2D eigenvalue weighted by molar-refractivity contribution is -0.170. The van der Waals surface area contributed by atoms with Crippen molar-refractivity contribution in [3.05, 3.63) is 22.8 Å². The highest BCUT2D eigenvalue weighted by atomic mass is 16.5. The van der Waals surface area contributed by atoms with Gasteiger partial charge in [0, 0.05) is 11.8 Å². The third-order valence-electron chi connectivity index (χ3n) is 13.6. The van der Waals surface area contributed by atoms with Crippen molar-refractivity contribution < 1.29 is 9.53 Å². The van der Waals surface area contributed by atoms with Crippen LogP contribution >= 0.6 is 0 Å². The number of esters is 1. The molecule has 4 aliphatic rings. The highest BCUT2D eigenvalue weighted by Crippen LogP contribution is 2.72. The number of hydrogen-bond donors (Lipinski definition) is 0. The van der Waals surface area contributed by atoms with Crippen LogP contribution in [0.3, 0.4) is 0 Å². The maximum atomic E-state index is 12.9. The van der Waals surface area contributed by atoms with Crippen LogP contribution in [0.25, 0.3) is 0 Å². The summed E-state index contributed by atoms with van der Waals surface area (Å²) in [5.41, 5.74) is 6.25. The van der Waals surface area contributed by atoms with E-state index in [1.54, 1.807) is 0 Å². The number of carbonyl (C=O) groups excluding carboxylic acids is 1. The predicted octanol–water partition coefficient (Wildman–Crippen LogP) is 11.8. The van der Waals surface area contributed by atoms with Crippen molar-refractivity contribution in [1.82, 2.24) is 0 Å². The van der Waals surface area contributed by atoms with Crippen molar-refractivity contribution in [3.8, 4) is 0 Å². The molecule has 0 amide bonds. The molecule has 0 aromatic carbocycles. The summed E-state index contributed by atoms with van der Waals surface area (Å²) in [6.07, 6.45) is 23.1. The van der Waals surface area contributed by atoms with E-state index in [1.807, 2.05) is 11.1 Å². The lowest BCUT2D eigenvalue weighted by Crippen LogP contribution is -2.55. The Kier molecular flexibility index (Phi) is 10.3. The molecule has 2 heteroatoms. The molecule has 0 bridgehead atoms. The average molecular weight is 567 g/mol. The molecule has 0 saturated heterocycles. The molecule has 0 aliphatic heterocycles. The summed E-state index contributed by atoms with van der Waals surface area (Å²) in [6.45, 7) is 22.1. The zero-order valence-electron chi connectivity index (χ0n) is 28.7. The smallest absolute Gasteiger partial charge is 0.306 e. The van der Waals surface area contributed by atoms with Crippen molar-refractivity contribution in [1.29, 1.82) is 0 Å². The minimum atomic E-state index is 0.0294. The maximum absolute atomic E-state index is 12.9. The van der Waals surface area contributed by atoms with Crippen LogP contribution in [0.2, 0.25) is 0 Å². The van der Waals surface area contributed by atoms with Crippen LogP contribution in [0.15, 0.2) is 22.8 Å². The highest BCUT2D eigenvalue weighted by molar-refractivity contribution is 5.69. The van der Waals surface area contributed by atoms with E-state index >= 15 is 0 Å². The van der Waals surface area contributed by atoms with Crippen LogP contribution in [0.1, 0.15) is 171 Å². The number of allylic oxidation sites excluding steroid dienone is 4. The molecule has 234 valence electrons. The minimum absolute atomic E-state index is 0.0294. The van der Waals surface area contributed by atoms with Gasteiger partial charge < -0.3 is 4.74 Å². The van der Waals surface area contributed by atoms with E-state index in [4.69, 9.17) is 4.74 Å². The summed E-state index contributed by atoms with van der Waals surface area (Å²) in [5, 5.41) is 0. The number of fused-ring (bicyclic) bond motifs is 4. The fourth-order valence-electron chi connectivity index (χ4n) is 10.9. The molecule has 7 atom stereocenters. The molecule has 0 aromatic rings. The van der Waals surface area contributed by atoms with Gasteiger partial charge in [0.05, 0.1) is 0 Å². The minimum Gasteiger partial charge on any atom is -0.462 e. The Bertz CT molecular complexity index is 982. The van der Waals surface area contributed by atoms with Gasteiger partial charge in [-0.3, -0.25) is 4.79 Å². The normalized spacial score (nSPS) is 36.7. The first-order valence-electron chi connectivity index (χ1n) is 17.9. The molecule has 0 heterocycles. The largest absolute Gasteiger partial charge is 0.462 e. The van der Waals surface area contributed by atoms with Crippen LogP contribution in [-0.2, 0) is 9.53 Å². The van der Waals surface area contributed by atoms with Crippen LogP contribution in [0.4, 0.5) is 0 Å². The highest BCUT2D eigenvalue weighted by Gasteiger charge is 2.63. The van der Waals surface area contributed by atoms with Gasteiger partial charge in [0.15, 0.2) is 0 Å². The Morgan fingerprint density at radius 2 is 1.61 bits per heavy atom. The molecule has 0 radical (unpaired) electrons. The molecule has 0 N–H and O–H groups in total. The summed E-state index contributed by atoms with van der Waals surface area (Å²) in [7, 11) is 0. The zero-order valence-corrected chi connectivity index (χ0v) is 28.7. The van der Waals surface area contributed by atoms with E-state index in [1.165, 1.54) is 89.0 Å². The lowest BCUT2D eigenvalue weighted by atomic mass is 9.43. The van der Waals surface area contributed by atoms with E-state index < -0.39 is 0 Å². The zero-order chi connectivity index (χ0) is 30.1. The Hall–Kier alpha value is -1.05. The Morgan fingerprint density at radius 3 is 2.32 bits per heavy atom. The number of rotatable bonds is 12. The van der Waals surface area contributed by atoms with Crippen LogP contribution < -0.4 is 0 Å². The lowest BCUT2D eigenvalue weighted by Gasteiger charge is -2.62. The third-order valence-corrected chi connectivity index (χ3v) is 13.6. The summed E-state index contributed by atoms with van der Waals surface area (Å²) in [5.74, 6) is 2.29. The summed E-state index contributed by atoms with van der Waals surface area (Å²) < 4.78 is 6.30.